The lowest BCUT2D eigenvalue weighted by atomic mass is 10.2. The number of carbonyl (C=O) groups is 3. The van der Waals surface area contributed by atoms with Gasteiger partial charge in [0.15, 0.2) is 0 Å². The number of thioether (sulfide) groups is 1. The second kappa shape index (κ2) is 6.88. The fourth-order valence-corrected chi connectivity index (χ4v) is 3.53. The number of halogens is 2. The molecule has 116 valence electrons. The third kappa shape index (κ3) is 3.55. The molecule has 0 unspecified atom stereocenters. The second-order valence-electron chi connectivity index (χ2n) is 4.18. The van der Waals surface area contributed by atoms with Crippen LogP contribution in [0, 0.1) is 3.57 Å². The molecule has 6 nitrogen and oxygen atoms in total. The lowest BCUT2D eigenvalue weighted by Gasteiger charge is -2.09. The zero-order valence-electron chi connectivity index (χ0n) is 11.1. The van der Waals surface area contributed by atoms with Crippen LogP contribution in [0.25, 0.3) is 6.08 Å². The van der Waals surface area contributed by atoms with Gasteiger partial charge in [0.25, 0.3) is 11.1 Å². The molecule has 0 atom stereocenters. The van der Waals surface area contributed by atoms with Gasteiger partial charge in [0.2, 0.25) is 0 Å². The number of hydrogen-bond acceptors (Lipinski definition) is 6. The number of phenols is 1. The number of imide groups is 1. The van der Waals surface area contributed by atoms with E-state index in [9.17, 15) is 19.5 Å². The summed E-state index contributed by atoms with van der Waals surface area (Å²) in [6.45, 7) is -0.424. The van der Waals surface area contributed by atoms with Gasteiger partial charge >= 0.3 is 5.97 Å². The van der Waals surface area contributed by atoms with E-state index in [0.29, 0.717) is 9.13 Å². The van der Waals surface area contributed by atoms with Crippen LogP contribution in [0.1, 0.15) is 5.56 Å². The summed E-state index contributed by atoms with van der Waals surface area (Å²) in [5.41, 5.74) is 0.566. The highest BCUT2D eigenvalue weighted by atomic mass is 127. The van der Waals surface area contributed by atoms with Crippen molar-refractivity contribution in [1.29, 1.82) is 0 Å². The molecule has 9 heteroatoms. The van der Waals surface area contributed by atoms with Crippen molar-refractivity contribution in [2.75, 3.05) is 13.7 Å². The van der Waals surface area contributed by atoms with Gasteiger partial charge in [-0.2, -0.15) is 0 Å². The van der Waals surface area contributed by atoms with Crippen LogP contribution in [0.2, 0.25) is 5.02 Å². The molecule has 1 fully saturated rings. The van der Waals surface area contributed by atoms with E-state index in [-0.39, 0.29) is 15.7 Å². The van der Waals surface area contributed by atoms with Gasteiger partial charge in [0.1, 0.15) is 12.3 Å². The molecular weight excluding hydrogens is 445 g/mol. The molecule has 1 N–H and O–H groups in total. The Morgan fingerprint density at radius 2 is 2.18 bits per heavy atom. The Morgan fingerprint density at radius 3 is 2.77 bits per heavy atom. The van der Waals surface area contributed by atoms with E-state index in [2.05, 4.69) is 4.74 Å². The summed E-state index contributed by atoms with van der Waals surface area (Å²) in [5.74, 6) is -1.29. The summed E-state index contributed by atoms with van der Waals surface area (Å²) in [6.07, 6.45) is 1.48. The molecule has 1 aromatic carbocycles. The SMILES string of the molecule is COC(=O)CN1C(=O)SC(=Cc2cc(Cl)c(O)c(I)c2)C1=O. The number of hydrogen-bond donors (Lipinski definition) is 1. The van der Waals surface area contributed by atoms with Gasteiger partial charge in [-0.3, -0.25) is 19.3 Å². The van der Waals surface area contributed by atoms with Crippen LogP contribution in [0.5, 0.6) is 5.75 Å². The van der Waals surface area contributed by atoms with Crippen molar-refractivity contribution >= 4 is 69.1 Å². The van der Waals surface area contributed by atoms with E-state index in [1.807, 2.05) is 22.6 Å². The summed E-state index contributed by atoms with van der Waals surface area (Å²) in [5, 5.41) is 9.21. The predicted molar refractivity (Wildman–Crippen MR) is 90.5 cm³/mol. The van der Waals surface area contributed by atoms with Crippen molar-refractivity contribution in [3.63, 3.8) is 0 Å². The molecule has 2 rings (SSSR count). The summed E-state index contributed by atoms with van der Waals surface area (Å²) >= 11 is 8.50. The Labute approximate surface area is 148 Å². The maximum Gasteiger partial charge on any atom is 0.325 e. The van der Waals surface area contributed by atoms with Crippen molar-refractivity contribution in [2.45, 2.75) is 0 Å². The molecule has 0 saturated carbocycles. The third-order valence-corrected chi connectivity index (χ3v) is 4.74. The van der Waals surface area contributed by atoms with E-state index < -0.39 is 23.7 Å². The van der Waals surface area contributed by atoms with Gasteiger partial charge in [-0.05, 0) is 58.1 Å². The summed E-state index contributed by atoms with van der Waals surface area (Å²) in [7, 11) is 1.18. The minimum absolute atomic E-state index is 0.0433. The molecule has 1 aromatic rings. The average molecular weight is 454 g/mol. The molecule has 22 heavy (non-hydrogen) atoms. The average Bonchev–Trinajstić information content (AvgIpc) is 2.72. The molecular formula is C13H9ClINO5S. The Bertz CT molecular complexity index is 683. The first-order chi connectivity index (χ1) is 10.3. The van der Waals surface area contributed by atoms with Crippen molar-refractivity contribution in [3.8, 4) is 5.75 Å². The number of aromatic hydroxyl groups is 1. The minimum atomic E-state index is -0.675. The van der Waals surface area contributed by atoms with Crippen LogP contribution in [0.15, 0.2) is 17.0 Å². The van der Waals surface area contributed by atoms with E-state index in [1.54, 1.807) is 6.07 Å². The molecule has 0 bridgehead atoms. The van der Waals surface area contributed by atoms with Crippen LogP contribution in [-0.2, 0) is 14.3 Å². The highest BCUT2D eigenvalue weighted by Crippen LogP contribution is 2.35. The first kappa shape index (κ1) is 17.1. The number of benzene rings is 1. The van der Waals surface area contributed by atoms with E-state index in [4.69, 9.17) is 11.6 Å². The molecule has 0 aliphatic carbocycles. The van der Waals surface area contributed by atoms with E-state index in [1.165, 1.54) is 19.3 Å². The molecule has 0 radical (unpaired) electrons. The number of ether oxygens (including phenoxy) is 1. The molecule has 2 amide bonds. The van der Waals surface area contributed by atoms with Gasteiger partial charge in [0.05, 0.1) is 20.6 Å². The highest BCUT2D eigenvalue weighted by Gasteiger charge is 2.36. The van der Waals surface area contributed by atoms with Crippen LogP contribution >= 0.6 is 46.0 Å². The molecule has 1 heterocycles. The van der Waals surface area contributed by atoms with Crippen molar-refractivity contribution < 1.29 is 24.2 Å². The summed E-state index contributed by atoms with van der Waals surface area (Å²) in [6, 6.07) is 3.10. The van der Waals surface area contributed by atoms with Gasteiger partial charge < -0.3 is 9.84 Å². The van der Waals surface area contributed by atoms with E-state index in [0.717, 1.165) is 16.7 Å². The Morgan fingerprint density at radius 1 is 1.50 bits per heavy atom. The predicted octanol–water partition coefficient (Wildman–Crippen LogP) is 2.86. The number of phenolic OH excluding ortho intramolecular Hbond substituents is 1. The van der Waals surface area contributed by atoms with Gasteiger partial charge in [-0.25, -0.2) is 0 Å². The molecule has 0 spiro atoms. The minimum Gasteiger partial charge on any atom is -0.505 e. The number of esters is 1. The first-order valence-corrected chi connectivity index (χ1v) is 8.11. The maximum absolute atomic E-state index is 12.1. The number of nitrogens with zero attached hydrogens (tertiary/aromatic N) is 1. The lowest BCUT2D eigenvalue weighted by Crippen LogP contribution is -2.34. The summed E-state index contributed by atoms with van der Waals surface area (Å²) < 4.78 is 4.97. The lowest BCUT2D eigenvalue weighted by molar-refractivity contribution is -0.143. The Balaban J connectivity index is 2.28. The fourth-order valence-electron chi connectivity index (χ4n) is 1.65. The van der Waals surface area contributed by atoms with Gasteiger partial charge in [0, 0.05) is 0 Å². The molecule has 1 aliphatic rings. The highest BCUT2D eigenvalue weighted by molar-refractivity contribution is 14.1. The summed E-state index contributed by atoms with van der Waals surface area (Å²) in [4.78, 5) is 36.1. The smallest absolute Gasteiger partial charge is 0.325 e. The second-order valence-corrected chi connectivity index (χ2v) is 6.74. The van der Waals surface area contributed by atoms with Crippen LogP contribution in [-0.4, -0.2) is 40.8 Å². The van der Waals surface area contributed by atoms with E-state index >= 15 is 0 Å². The van der Waals surface area contributed by atoms with Crippen molar-refractivity contribution in [3.05, 3.63) is 31.2 Å². The largest absolute Gasteiger partial charge is 0.505 e. The van der Waals surface area contributed by atoms with Crippen molar-refractivity contribution in [1.82, 2.24) is 4.90 Å². The zero-order valence-corrected chi connectivity index (χ0v) is 14.9. The number of methoxy groups -OCH3 is 1. The number of carbonyl (C=O) groups excluding carboxylic acids is 3. The van der Waals surface area contributed by atoms with Crippen molar-refractivity contribution in [2.24, 2.45) is 0 Å². The number of amides is 2. The molecule has 0 aromatic heterocycles. The standard InChI is InChI=1S/C13H9ClINO5S/c1-21-10(17)5-16-12(19)9(22-13(16)20)4-6-2-7(14)11(18)8(15)3-6/h2-4,18H,5H2,1H3. The topological polar surface area (TPSA) is 83.9 Å². The maximum atomic E-state index is 12.1. The van der Waals surface area contributed by atoms with Crippen LogP contribution in [0.3, 0.4) is 0 Å². The Hall–Kier alpha value is -1.26. The normalized spacial score (nSPS) is 16.5. The molecule has 1 aliphatic heterocycles. The fraction of sp³-hybridized carbons (Fsp3) is 0.154. The zero-order chi connectivity index (χ0) is 16.4. The van der Waals surface area contributed by atoms with Crippen LogP contribution in [0.4, 0.5) is 4.79 Å². The van der Waals surface area contributed by atoms with Crippen LogP contribution < -0.4 is 0 Å². The monoisotopic (exact) mass is 453 g/mol. The number of rotatable bonds is 3. The van der Waals surface area contributed by atoms with Gasteiger partial charge in [-0.15, -0.1) is 0 Å². The Kier molecular flexibility index (Phi) is 5.35. The van der Waals surface area contributed by atoms with Gasteiger partial charge in [-0.1, -0.05) is 11.6 Å². The first-order valence-electron chi connectivity index (χ1n) is 5.83. The molecule has 1 saturated heterocycles. The third-order valence-electron chi connectivity index (χ3n) is 2.73. The quantitative estimate of drug-likeness (QED) is 0.430.